The minimum absolute atomic E-state index is 0. The number of benzene rings is 3. The molecule has 0 aliphatic rings. The summed E-state index contributed by atoms with van der Waals surface area (Å²) in [6.45, 7) is 4.03. The summed E-state index contributed by atoms with van der Waals surface area (Å²) < 4.78 is 0. The molecule has 5 heteroatoms. The maximum Gasteiger partial charge on any atom is 0.255 e. The molecule has 1 aromatic heterocycles. The maximum absolute atomic E-state index is 12.5. The summed E-state index contributed by atoms with van der Waals surface area (Å²) in [7, 11) is 0. The number of aromatic nitrogens is 2. The van der Waals surface area contributed by atoms with Crippen molar-refractivity contribution in [2.45, 2.75) is 13.8 Å². The molecule has 0 aliphatic carbocycles. The number of rotatable bonds is 3. The summed E-state index contributed by atoms with van der Waals surface area (Å²) in [4.78, 5) is 20.5. The summed E-state index contributed by atoms with van der Waals surface area (Å²) in [6.07, 6.45) is 0. The lowest BCUT2D eigenvalue weighted by Gasteiger charge is -2.07. The highest BCUT2D eigenvalue weighted by Crippen LogP contribution is 2.24. The van der Waals surface area contributed by atoms with Crippen molar-refractivity contribution in [1.82, 2.24) is 9.97 Å². The second-order valence-electron chi connectivity index (χ2n) is 6.51. The van der Waals surface area contributed by atoms with Crippen LogP contribution >= 0.6 is 12.4 Å². The lowest BCUT2D eigenvalue weighted by Crippen LogP contribution is -2.11. The predicted octanol–water partition coefficient (Wildman–Crippen LogP) is 5.52. The van der Waals surface area contributed by atoms with E-state index in [1.807, 2.05) is 67.6 Å². The van der Waals surface area contributed by atoms with Gasteiger partial charge in [0.15, 0.2) is 0 Å². The Morgan fingerprint density at radius 2 is 1.70 bits per heavy atom. The SMILES string of the molecule is Cc1cccc(C(=O)Nc2cccc(-c3nc4ccc(C)cc4[nH]3)c2)c1.Cl. The molecule has 3 aromatic carbocycles. The molecular formula is C22H20ClN3O. The Morgan fingerprint density at radius 1 is 0.926 bits per heavy atom. The zero-order chi connectivity index (χ0) is 18.1. The first-order valence-corrected chi connectivity index (χ1v) is 8.53. The molecule has 1 amide bonds. The highest BCUT2D eigenvalue weighted by molar-refractivity contribution is 6.04. The van der Waals surface area contributed by atoms with Gasteiger partial charge in [0.25, 0.3) is 5.91 Å². The molecule has 0 fully saturated rings. The minimum Gasteiger partial charge on any atom is -0.338 e. The smallest absolute Gasteiger partial charge is 0.255 e. The van der Waals surface area contributed by atoms with Crippen LogP contribution < -0.4 is 5.32 Å². The summed E-state index contributed by atoms with van der Waals surface area (Å²) in [6, 6.07) is 21.4. The van der Waals surface area contributed by atoms with Crippen molar-refractivity contribution >= 4 is 35.0 Å². The summed E-state index contributed by atoms with van der Waals surface area (Å²) >= 11 is 0. The third-order valence-corrected chi connectivity index (χ3v) is 4.31. The lowest BCUT2D eigenvalue weighted by molar-refractivity contribution is 0.102. The Bertz CT molecular complexity index is 1120. The van der Waals surface area contributed by atoms with Gasteiger partial charge in [-0.15, -0.1) is 12.4 Å². The third-order valence-electron chi connectivity index (χ3n) is 4.31. The van der Waals surface area contributed by atoms with Crippen molar-refractivity contribution in [1.29, 1.82) is 0 Å². The quantitative estimate of drug-likeness (QED) is 0.493. The number of fused-ring (bicyclic) bond motifs is 1. The van der Waals surface area contributed by atoms with Crippen molar-refractivity contribution in [3.05, 3.63) is 83.4 Å². The molecule has 0 bridgehead atoms. The molecule has 2 N–H and O–H groups in total. The molecule has 1 heterocycles. The fourth-order valence-corrected chi connectivity index (χ4v) is 2.99. The number of aromatic amines is 1. The molecule has 0 saturated carbocycles. The summed E-state index contributed by atoms with van der Waals surface area (Å²) in [5.74, 6) is 0.670. The van der Waals surface area contributed by atoms with Crippen LogP contribution in [0.3, 0.4) is 0 Å². The molecule has 0 saturated heterocycles. The fraction of sp³-hybridized carbons (Fsp3) is 0.0909. The Morgan fingerprint density at radius 3 is 2.52 bits per heavy atom. The van der Waals surface area contributed by atoms with Crippen molar-refractivity contribution in [3.8, 4) is 11.4 Å². The second-order valence-corrected chi connectivity index (χ2v) is 6.51. The molecule has 0 radical (unpaired) electrons. The van der Waals surface area contributed by atoms with Crippen LogP contribution in [0.4, 0.5) is 5.69 Å². The van der Waals surface area contributed by atoms with Crippen LogP contribution in [-0.2, 0) is 0 Å². The van der Waals surface area contributed by atoms with Gasteiger partial charge in [-0.2, -0.15) is 0 Å². The number of carbonyl (C=O) groups is 1. The molecule has 0 unspecified atom stereocenters. The van der Waals surface area contributed by atoms with Gasteiger partial charge in [0.1, 0.15) is 5.82 Å². The van der Waals surface area contributed by atoms with Crippen molar-refractivity contribution in [2.24, 2.45) is 0 Å². The van der Waals surface area contributed by atoms with Crippen LogP contribution in [0, 0.1) is 13.8 Å². The number of nitrogens with one attached hydrogen (secondary N) is 2. The van der Waals surface area contributed by atoms with E-state index in [1.54, 1.807) is 0 Å². The molecule has 4 nitrogen and oxygen atoms in total. The van der Waals surface area contributed by atoms with Crippen LogP contribution in [0.1, 0.15) is 21.5 Å². The number of nitrogens with zero attached hydrogens (tertiary/aromatic N) is 1. The largest absolute Gasteiger partial charge is 0.338 e. The predicted molar refractivity (Wildman–Crippen MR) is 113 cm³/mol. The highest BCUT2D eigenvalue weighted by atomic mass is 35.5. The molecule has 4 rings (SSSR count). The van der Waals surface area contributed by atoms with Gasteiger partial charge in [0.05, 0.1) is 11.0 Å². The van der Waals surface area contributed by atoms with Gasteiger partial charge in [-0.1, -0.05) is 35.9 Å². The highest BCUT2D eigenvalue weighted by Gasteiger charge is 2.09. The Balaban J connectivity index is 0.00000210. The van der Waals surface area contributed by atoms with Gasteiger partial charge in [-0.25, -0.2) is 4.98 Å². The average molecular weight is 378 g/mol. The van der Waals surface area contributed by atoms with Gasteiger partial charge < -0.3 is 10.3 Å². The first-order valence-electron chi connectivity index (χ1n) is 8.53. The number of hydrogen-bond acceptors (Lipinski definition) is 2. The summed E-state index contributed by atoms with van der Waals surface area (Å²) in [5, 5.41) is 2.96. The molecule has 27 heavy (non-hydrogen) atoms. The number of halogens is 1. The molecule has 136 valence electrons. The van der Waals surface area contributed by atoms with E-state index >= 15 is 0 Å². The van der Waals surface area contributed by atoms with Gasteiger partial charge in [-0.3, -0.25) is 4.79 Å². The van der Waals surface area contributed by atoms with E-state index in [2.05, 4.69) is 28.3 Å². The fourth-order valence-electron chi connectivity index (χ4n) is 2.99. The summed E-state index contributed by atoms with van der Waals surface area (Å²) in [5.41, 5.74) is 6.51. The van der Waals surface area contributed by atoms with E-state index in [0.29, 0.717) is 5.56 Å². The number of aryl methyl sites for hydroxylation is 2. The molecule has 0 spiro atoms. The monoisotopic (exact) mass is 377 g/mol. The average Bonchev–Trinajstić information content (AvgIpc) is 3.05. The van der Waals surface area contributed by atoms with Gasteiger partial charge >= 0.3 is 0 Å². The Kier molecular flexibility index (Phi) is 5.28. The van der Waals surface area contributed by atoms with Crippen LogP contribution in [0.15, 0.2) is 66.7 Å². The number of anilines is 1. The first kappa shape index (κ1) is 18.7. The van der Waals surface area contributed by atoms with E-state index < -0.39 is 0 Å². The molecule has 4 aromatic rings. The van der Waals surface area contributed by atoms with E-state index in [4.69, 9.17) is 0 Å². The number of hydrogen-bond donors (Lipinski definition) is 2. The van der Waals surface area contributed by atoms with E-state index in [1.165, 1.54) is 5.56 Å². The van der Waals surface area contributed by atoms with Crippen molar-refractivity contribution < 1.29 is 4.79 Å². The molecule has 0 aliphatic heterocycles. The van der Waals surface area contributed by atoms with Crippen LogP contribution in [0.25, 0.3) is 22.4 Å². The van der Waals surface area contributed by atoms with Crippen LogP contribution in [0.5, 0.6) is 0 Å². The van der Waals surface area contributed by atoms with Crippen LogP contribution in [-0.4, -0.2) is 15.9 Å². The Hall–Kier alpha value is -3.11. The van der Waals surface area contributed by atoms with E-state index in [9.17, 15) is 4.79 Å². The zero-order valence-electron chi connectivity index (χ0n) is 15.1. The zero-order valence-corrected chi connectivity index (χ0v) is 15.9. The maximum atomic E-state index is 12.5. The standard InChI is InChI=1S/C22H19N3O.ClH/c1-14-5-3-7-17(11-14)22(26)23-18-8-4-6-16(13-18)21-24-19-10-9-15(2)12-20(19)25-21;/h3-13H,1-2H3,(H,23,26)(H,24,25);1H. The lowest BCUT2D eigenvalue weighted by atomic mass is 10.1. The number of H-pyrrole nitrogens is 1. The number of amides is 1. The van der Waals surface area contributed by atoms with Gasteiger partial charge in [0, 0.05) is 16.8 Å². The third kappa shape index (κ3) is 4.01. The number of imidazole rings is 1. The van der Waals surface area contributed by atoms with Crippen molar-refractivity contribution in [2.75, 3.05) is 5.32 Å². The van der Waals surface area contributed by atoms with E-state index in [-0.39, 0.29) is 18.3 Å². The van der Waals surface area contributed by atoms with E-state index in [0.717, 1.165) is 33.7 Å². The molecular weight excluding hydrogens is 358 g/mol. The topological polar surface area (TPSA) is 57.8 Å². The normalized spacial score (nSPS) is 10.4. The van der Waals surface area contributed by atoms with Gasteiger partial charge in [-0.05, 0) is 55.8 Å². The number of carbonyl (C=O) groups excluding carboxylic acids is 1. The van der Waals surface area contributed by atoms with Gasteiger partial charge in [0.2, 0.25) is 0 Å². The Labute approximate surface area is 164 Å². The minimum atomic E-state index is -0.119. The first-order chi connectivity index (χ1) is 12.6. The molecule has 0 atom stereocenters. The van der Waals surface area contributed by atoms with Crippen LogP contribution in [0.2, 0.25) is 0 Å². The second kappa shape index (κ2) is 7.64. The van der Waals surface area contributed by atoms with Crippen molar-refractivity contribution in [3.63, 3.8) is 0 Å².